The van der Waals surface area contributed by atoms with Crippen LogP contribution >= 0.6 is 15.9 Å². The Morgan fingerprint density at radius 1 is 1.26 bits per heavy atom. The maximum absolute atomic E-state index is 6.37. The summed E-state index contributed by atoms with van der Waals surface area (Å²) in [6.45, 7) is 2.39. The Labute approximate surface area is 121 Å². The Morgan fingerprint density at radius 2 is 2.05 bits per heavy atom. The van der Waals surface area contributed by atoms with Gasteiger partial charge < -0.3 is 19.6 Å². The van der Waals surface area contributed by atoms with Gasteiger partial charge in [-0.05, 0) is 59.7 Å². The average Bonchev–Trinajstić information content (AvgIpc) is 2.85. The van der Waals surface area contributed by atoms with Crippen molar-refractivity contribution in [1.29, 1.82) is 0 Å². The van der Waals surface area contributed by atoms with Gasteiger partial charge in [-0.1, -0.05) is 0 Å². The SMILES string of the molecule is NC(c1ccc(Br)o1)C1CCOC2(CCOCC2)C1. The Balaban J connectivity index is 1.70. The molecule has 2 saturated heterocycles. The standard InChI is InChI=1S/C14H20BrNO3/c15-12-2-1-11(19-12)13(16)10-3-6-18-14(9-10)4-7-17-8-5-14/h1-2,10,13H,3-9,16H2. The van der Waals surface area contributed by atoms with E-state index in [1.807, 2.05) is 12.1 Å². The molecule has 3 rings (SSSR count). The highest BCUT2D eigenvalue weighted by Crippen LogP contribution is 2.41. The highest BCUT2D eigenvalue weighted by molar-refractivity contribution is 9.10. The van der Waals surface area contributed by atoms with Gasteiger partial charge in [0.1, 0.15) is 5.76 Å². The van der Waals surface area contributed by atoms with E-state index in [0.717, 1.165) is 55.9 Å². The third-order valence-electron chi connectivity index (χ3n) is 4.37. The second kappa shape index (κ2) is 5.56. The van der Waals surface area contributed by atoms with Crippen LogP contribution in [0, 0.1) is 5.92 Å². The van der Waals surface area contributed by atoms with Crippen LogP contribution in [0.25, 0.3) is 0 Å². The molecule has 5 heteroatoms. The predicted octanol–water partition coefficient (Wildman–Crippen LogP) is 3.02. The first-order chi connectivity index (χ1) is 9.19. The Kier molecular flexibility index (Phi) is 3.98. The number of ether oxygens (including phenoxy) is 2. The molecule has 2 N–H and O–H groups in total. The molecule has 0 radical (unpaired) electrons. The molecule has 2 aliphatic heterocycles. The first kappa shape index (κ1) is 13.6. The summed E-state index contributed by atoms with van der Waals surface area (Å²) < 4.78 is 17.8. The van der Waals surface area contributed by atoms with Gasteiger partial charge in [0, 0.05) is 19.8 Å². The highest BCUT2D eigenvalue weighted by Gasteiger charge is 2.41. The van der Waals surface area contributed by atoms with Crippen LogP contribution in [0.4, 0.5) is 0 Å². The number of hydrogen-bond donors (Lipinski definition) is 1. The fraction of sp³-hybridized carbons (Fsp3) is 0.714. The molecule has 1 spiro atoms. The predicted molar refractivity (Wildman–Crippen MR) is 74.8 cm³/mol. The maximum Gasteiger partial charge on any atom is 0.169 e. The Bertz CT molecular complexity index is 423. The van der Waals surface area contributed by atoms with Gasteiger partial charge in [0.25, 0.3) is 0 Å². The molecular weight excluding hydrogens is 310 g/mol. The summed E-state index contributed by atoms with van der Waals surface area (Å²) in [7, 11) is 0. The first-order valence-electron chi connectivity index (χ1n) is 6.91. The molecule has 0 amide bonds. The molecule has 0 saturated carbocycles. The number of nitrogens with two attached hydrogens (primary N) is 1. The monoisotopic (exact) mass is 329 g/mol. The van der Waals surface area contributed by atoms with Gasteiger partial charge in [-0.2, -0.15) is 0 Å². The smallest absolute Gasteiger partial charge is 0.169 e. The van der Waals surface area contributed by atoms with Gasteiger partial charge in [0.2, 0.25) is 0 Å². The molecule has 4 nitrogen and oxygen atoms in total. The summed E-state index contributed by atoms with van der Waals surface area (Å²) in [5, 5.41) is 0. The maximum atomic E-state index is 6.37. The van der Waals surface area contributed by atoms with Crippen molar-refractivity contribution in [3.8, 4) is 0 Å². The molecule has 1 aromatic heterocycles. The quantitative estimate of drug-likeness (QED) is 0.906. The third kappa shape index (κ3) is 2.89. The molecule has 2 unspecified atom stereocenters. The van der Waals surface area contributed by atoms with E-state index in [9.17, 15) is 0 Å². The van der Waals surface area contributed by atoms with E-state index in [1.54, 1.807) is 0 Å². The Morgan fingerprint density at radius 3 is 2.74 bits per heavy atom. The normalized spacial score (nSPS) is 28.4. The van der Waals surface area contributed by atoms with E-state index in [2.05, 4.69) is 15.9 Å². The molecule has 2 atom stereocenters. The minimum Gasteiger partial charge on any atom is -0.453 e. The van der Waals surface area contributed by atoms with Crippen molar-refractivity contribution in [3.05, 3.63) is 22.6 Å². The molecule has 0 aromatic carbocycles. The van der Waals surface area contributed by atoms with Gasteiger partial charge in [-0.15, -0.1) is 0 Å². The molecule has 106 valence electrons. The van der Waals surface area contributed by atoms with E-state index in [-0.39, 0.29) is 11.6 Å². The van der Waals surface area contributed by atoms with Crippen LogP contribution in [0.2, 0.25) is 0 Å². The number of furan rings is 1. The summed E-state index contributed by atoms with van der Waals surface area (Å²) >= 11 is 3.33. The van der Waals surface area contributed by atoms with Gasteiger partial charge in [-0.3, -0.25) is 0 Å². The van der Waals surface area contributed by atoms with Crippen LogP contribution in [0.1, 0.15) is 37.5 Å². The van der Waals surface area contributed by atoms with E-state index in [4.69, 9.17) is 19.6 Å². The minimum atomic E-state index is -0.0464. The summed E-state index contributed by atoms with van der Waals surface area (Å²) in [6.07, 6.45) is 3.98. The van der Waals surface area contributed by atoms with Crippen molar-refractivity contribution in [2.24, 2.45) is 11.7 Å². The van der Waals surface area contributed by atoms with Crippen molar-refractivity contribution in [2.45, 2.75) is 37.3 Å². The largest absolute Gasteiger partial charge is 0.453 e. The molecule has 2 fully saturated rings. The van der Waals surface area contributed by atoms with Crippen LogP contribution < -0.4 is 5.73 Å². The van der Waals surface area contributed by atoms with Crippen LogP contribution in [0.3, 0.4) is 0 Å². The highest BCUT2D eigenvalue weighted by atomic mass is 79.9. The topological polar surface area (TPSA) is 57.6 Å². The van der Waals surface area contributed by atoms with Crippen molar-refractivity contribution >= 4 is 15.9 Å². The lowest BCUT2D eigenvalue weighted by Crippen LogP contribution is -2.46. The second-order valence-corrected chi connectivity index (χ2v) is 6.35. The zero-order chi connectivity index (χ0) is 13.3. The van der Waals surface area contributed by atoms with E-state index in [0.29, 0.717) is 5.92 Å². The van der Waals surface area contributed by atoms with Gasteiger partial charge >= 0.3 is 0 Å². The van der Waals surface area contributed by atoms with Crippen LogP contribution in [0.5, 0.6) is 0 Å². The van der Waals surface area contributed by atoms with Crippen molar-refractivity contribution in [3.63, 3.8) is 0 Å². The fourth-order valence-electron chi connectivity index (χ4n) is 3.20. The zero-order valence-electron chi connectivity index (χ0n) is 10.9. The van der Waals surface area contributed by atoms with Gasteiger partial charge in [-0.25, -0.2) is 0 Å². The zero-order valence-corrected chi connectivity index (χ0v) is 12.5. The van der Waals surface area contributed by atoms with E-state index < -0.39 is 0 Å². The second-order valence-electron chi connectivity index (χ2n) is 5.56. The average molecular weight is 330 g/mol. The molecule has 19 heavy (non-hydrogen) atoms. The van der Waals surface area contributed by atoms with Crippen LogP contribution in [-0.2, 0) is 9.47 Å². The number of rotatable bonds is 2. The first-order valence-corrected chi connectivity index (χ1v) is 7.70. The van der Waals surface area contributed by atoms with Crippen molar-refractivity contribution in [2.75, 3.05) is 19.8 Å². The Hall–Kier alpha value is -0.360. The van der Waals surface area contributed by atoms with E-state index >= 15 is 0 Å². The van der Waals surface area contributed by atoms with E-state index in [1.165, 1.54) is 0 Å². The lowest BCUT2D eigenvalue weighted by Gasteiger charge is -2.44. The lowest BCUT2D eigenvalue weighted by molar-refractivity contribution is -0.149. The molecular formula is C14H20BrNO3. The fourth-order valence-corrected chi connectivity index (χ4v) is 3.52. The molecule has 2 aliphatic rings. The molecule has 1 aromatic rings. The van der Waals surface area contributed by atoms with Crippen molar-refractivity contribution in [1.82, 2.24) is 0 Å². The number of hydrogen-bond acceptors (Lipinski definition) is 4. The molecule has 3 heterocycles. The molecule has 0 aliphatic carbocycles. The third-order valence-corrected chi connectivity index (χ3v) is 4.79. The summed E-state index contributed by atoms with van der Waals surface area (Å²) in [5.74, 6) is 1.28. The summed E-state index contributed by atoms with van der Waals surface area (Å²) in [5.41, 5.74) is 6.36. The van der Waals surface area contributed by atoms with Crippen LogP contribution in [0.15, 0.2) is 21.2 Å². The van der Waals surface area contributed by atoms with Crippen LogP contribution in [-0.4, -0.2) is 25.4 Å². The number of halogens is 1. The lowest BCUT2D eigenvalue weighted by atomic mass is 9.77. The minimum absolute atomic E-state index is 0.0113. The van der Waals surface area contributed by atoms with Crippen molar-refractivity contribution < 1.29 is 13.9 Å². The van der Waals surface area contributed by atoms with Gasteiger partial charge in [0.15, 0.2) is 4.67 Å². The van der Waals surface area contributed by atoms with Gasteiger partial charge in [0.05, 0.1) is 11.6 Å². The summed E-state index contributed by atoms with van der Waals surface area (Å²) in [6, 6.07) is 3.81. The summed E-state index contributed by atoms with van der Waals surface area (Å²) in [4.78, 5) is 0. The molecule has 0 bridgehead atoms.